The lowest BCUT2D eigenvalue weighted by Gasteiger charge is -2.15. The van der Waals surface area contributed by atoms with Crippen molar-refractivity contribution in [3.63, 3.8) is 0 Å². The van der Waals surface area contributed by atoms with E-state index in [1.165, 1.54) is 0 Å². The fourth-order valence-electron chi connectivity index (χ4n) is 1.73. The lowest BCUT2D eigenvalue weighted by atomic mass is 10.2. The van der Waals surface area contributed by atoms with Gasteiger partial charge in [-0.15, -0.1) is 0 Å². The van der Waals surface area contributed by atoms with Crippen LogP contribution in [0.3, 0.4) is 0 Å². The first-order valence-electron chi connectivity index (χ1n) is 5.38. The molecule has 1 unspecified atom stereocenters. The monoisotopic (exact) mass is 255 g/mol. The molecule has 3 nitrogen and oxygen atoms in total. The predicted octanol–water partition coefficient (Wildman–Crippen LogP) is 3.01. The lowest BCUT2D eigenvalue weighted by Crippen LogP contribution is -2.13. The first kappa shape index (κ1) is 12.5. The molecule has 0 aliphatic rings. The van der Waals surface area contributed by atoms with Crippen molar-refractivity contribution in [2.24, 2.45) is 7.05 Å². The van der Waals surface area contributed by atoms with Crippen molar-refractivity contribution in [2.75, 3.05) is 5.32 Å². The topological polar surface area (TPSA) is 29.9 Å². The van der Waals surface area contributed by atoms with Crippen molar-refractivity contribution in [3.8, 4) is 0 Å². The summed E-state index contributed by atoms with van der Waals surface area (Å²) in [6.45, 7) is 1.75. The number of rotatable bonds is 3. The van der Waals surface area contributed by atoms with E-state index in [2.05, 4.69) is 10.3 Å². The summed E-state index contributed by atoms with van der Waals surface area (Å²) in [5, 5.41) is 2.76. The Morgan fingerprint density at radius 1 is 1.22 bits per heavy atom. The number of hydrogen-bond acceptors (Lipinski definition) is 2. The number of aromatic nitrogens is 2. The molecule has 0 saturated carbocycles. The summed E-state index contributed by atoms with van der Waals surface area (Å²) in [6.07, 6.45) is 3.35. The van der Waals surface area contributed by atoms with Crippen LogP contribution >= 0.6 is 0 Å². The number of aryl methyl sites for hydroxylation is 1. The van der Waals surface area contributed by atoms with Crippen LogP contribution in [0.15, 0.2) is 24.5 Å². The van der Waals surface area contributed by atoms with Crippen LogP contribution in [0.25, 0.3) is 0 Å². The summed E-state index contributed by atoms with van der Waals surface area (Å²) in [6, 6.07) is 1.71. The molecule has 1 aromatic carbocycles. The highest BCUT2D eigenvalue weighted by atomic mass is 19.2. The Morgan fingerprint density at radius 3 is 2.56 bits per heavy atom. The smallest absolute Gasteiger partial charge is 0.196 e. The Kier molecular flexibility index (Phi) is 3.27. The third-order valence-electron chi connectivity index (χ3n) is 2.65. The molecule has 0 radical (unpaired) electrons. The number of nitrogens with one attached hydrogen (secondary N) is 1. The summed E-state index contributed by atoms with van der Waals surface area (Å²) in [5.41, 5.74) is -0.0931. The van der Waals surface area contributed by atoms with Crippen LogP contribution in [-0.4, -0.2) is 9.55 Å². The van der Waals surface area contributed by atoms with Crippen molar-refractivity contribution < 1.29 is 13.2 Å². The Balaban J connectivity index is 2.25. The van der Waals surface area contributed by atoms with Gasteiger partial charge in [-0.3, -0.25) is 0 Å². The van der Waals surface area contributed by atoms with Crippen molar-refractivity contribution in [2.45, 2.75) is 13.0 Å². The minimum atomic E-state index is -1.48. The maximum absolute atomic E-state index is 13.5. The zero-order valence-corrected chi connectivity index (χ0v) is 9.92. The summed E-state index contributed by atoms with van der Waals surface area (Å²) in [7, 11) is 1.79. The molecule has 1 heterocycles. The van der Waals surface area contributed by atoms with Crippen LogP contribution in [-0.2, 0) is 7.05 Å². The largest absolute Gasteiger partial charge is 0.373 e. The van der Waals surface area contributed by atoms with E-state index in [4.69, 9.17) is 0 Å². The summed E-state index contributed by atoms with van der Waals surface area (Å²) in [4.78, 5) is 4.09. The molecule has 1 atom stereocenters. The summed E-state index contributed by atoms with van der Waals surface area (Å²) < 4.78 is 41.0. The molecule has 96 valence electrons. The van der Waals surface area contributed by atoms with Crippen LogP contribution in [0, 0.1) is 17.5 Å². The number of benzene rings is 1. The zero-order chi connectivity index (χ0) is 13.3. The highest BCUT2D eigenvalue weighted by Gasteiger charge is 2.16. The molecular formula is C12H12F3N3. The predicted molar refractivity (Wildman–Crippen MR) is 61.6 cm³/mol. The normalized spacial score (nSPS) is 12.5. The molecule has 0 amide bonds. The fraction of sp³-hybridized carbons (Fsp3) is 0.250. The average molecular weight is 255 g/mol. The van der Waals surface area contributed by atoms with Gasteiger partial charge in [0.05, 0.1) is 11.7 Å². The zero-order valence-electron chi connectivity index (χ0n) is 9.92. The van der Waals surface area contributed by atoms with Crippen molar-refractivity contribution >= 4 is 5.69 Å². The SMILES string of the molecule is CC(Nc1ccc(F)c(F)c1F)c1nccn1C. The molecule has 6 heteroatoms. The van der Waals surface area contributed by atoms with Crippen molar-refractivity contribution in [1.29, 1.82) is 0 Å². The van der Waals surface area contributed by atoms with E-state index >= 15 is 0 Å². The highest BCUT2D eigenvalue weighted by Crippen LogP contribution is 2.23. The van der Waals surface area contributed by atoms with Crippen LogP contribution in [0.5, 0.6) is 0 Å². The van der Waals surface area contributed by atoms with Crippen LogP contribution in [0.1, 0.15) is 18.8 Å². The van der Waals surface area contributed by atoms with E-state index < -0.39 is 17.5 Å². The van der Waals surface area contributed by atoms with Gasteiger partial charge in [0, 0.05) is 19.4 Å². The van der Waals surface area contributed by atoms with Gasteiger partial charge in [-0.05, 0) is 19.1 Å². The third kappa shape index (κ3) is 2.18. The van der Waals surface area contributed by atoms with Gasteiger partial charge in [-0.2, -0.15) is 0 Å². The quantitative estimate of drug-likeness (QED) is 0.854. The van der Waals surface area contributed by atoms with Crippen molar-refractivity contribution in [3.05, 3.63) is 47.8 Å². The Hall–Kier alpha value is -1.98. The first-order valence-corrected chi connectivity index (χ1v) is 5.38. The lowest BCUT2D eigenvalue weighted by molar-refractivity contribution is 0.448. The second-order valence-corrected chi connectivity index (χ2v) is 3.99. The van der Waals surface area contributed by atoms with Gasteiger partial charge >= 0.3 is 0 Å². The second kappa shape index (κ2) is 4.72. The van der Waals surface area contributed by atoms with E-state index in [1.807, 2.05) is 0 Å². The maximum atomic E-state index is 13.5. The minimum absolute atomic E-state index is 0.0931. The molecule has 0 aliphatic heterocycles. The maximum Gasteiger partial charge on any atom is 0.196 e. The summed E-state index contributed by atoms with van der Waals surface area (Å²) in [5.74, 6) is -3.25. The molecule has 1 N–H and O–H groups in total. The van der Waals surface area contributed by atoms with E-state index in [-0.39, 0.29) is 11.7 Å². The molecule has 0 spiro atoms. The van der Waals surface area contributed by atoms with Crippen LogP contribution < -0.4 is 5.32 Å². The molecule has 0 saturated heterocycles. The van der Waals surface area contributed by atoms with Gasteiger partial charge in [0.1, 0.15) is 5.82 Å². The Morgan fingerprint density at radius 2 is 1.94 bits per heavy atom. The van der Waals surface area contributed by atoms with Crippen molar-refractivity contribution in [1.82, 2.24) is 9.55 Å². The molecule has 18 heavy (non-hydrogen) atoms. The highest BCUT2D eigenvalue weighted by molar-refractivity contribution is 5.46. The third-order valence-corrected chi connectivity index (χ3v) is 2.65. The van der Waals surface area contributed by atoms with E-state index in [9.17, 15) is 13.2 Å². The molecule has 0 bridgehead atoms. The Bertz CT molecular complexity index is 566. The standard InChI is InChI=1S/C12H12F3N3/c1-7(12-16-5-6-18(12)2)17-9-4-3-8(13)10(14)11(9)15/h3-7,17H,1-2H3. The number of nitrogens with zero attached hydrogens (tertiary/aromatic N) is 2. The van der Waals surface area contributed by atoms with E-state index in [1.54, 1.807) is 30.9 Å². The number of anilines is 1. The number of halogens is 3. The van der Waals surface area contributed by atoms with Gasteiger partial charge in [-0.25, -0.2) is 18.2 Å². The molecule has 1 aromatic heterocycles. The molecule has 2 aromatic rings. The molecule has 0 aliphatic carbocycles. The Labute approximate surface area is 102 Å². The first-order chi connectivity index (χ1) is 8.50. The van der Waals surface area contributed by atoms with Crippen LogP contribution in [0.2, 0.25) is 0 Å². The molecular weight excluding hydrogens is 243 g/mol. The van der Waals surface area contributed by atoms with Crippen LogP contribution in [0.4, 0.5) is 18.9 Å². The fourth-order valence-corrected chi connectivity index (χ4v) is 1.73. The van der Waals surface area contributed by atoms with Gasteiger partial charge in [0.2, 0.25) is 0 Å². The minimum Gasteiger partial charge on any atom is -0.373 e. The average Bonchev–Trinajstić information content (AvgIpc) is 2.76. The van der Waals surface area contributed by atoms with E-state index in [0.717, 1.165) is 12.1 Å². The molecule has 2 rings (SSSR count). The summed E-state index contributed by atoms with van der Waals surface area (Å²) >= 11 is 0. The van der Waals surface area contributed by atoms with Gasteiger partial charge in [0.15, 0.2) is 17.5 Å². The second-order valence-electron chi connectivity index (χ2n) is 3.99. The van der Waals surface area contributed by atoms with Gasteiger partial charge in [0.25, 0.3) is 0 Å². The molecule has 0 fully saturated rings. The van der Waals surface area contributed by atoms with Gasteiger partial charge < -0.3 is 9.88 Å². The van der Waals surface area contributed by atoms with E-state index in [0.29, 0.717) is 5.82 Å². The number of imidazole rings is 1. The van der Waals surface area contributed by atoms with Gasteiger partial charge in [-0.1, -0.05) is 0 Å². The number of hydrogen-bond donors (Lipinski definition) is 1.